The summed E-state index contributed by atoms with van der Waals surface area (Å²) >= 11 is 0. The summed E-state index contributed by atoms with van der Waals surface area (Å²) in [6, 6.07) is 43.7. The lowest BCUT2D eigenvalue weighted by molar-refractivity contribution is 0.976. The van der Waals surface area contributed by atoms with E-state index in [2.05, 4.69) is 152 Å². The number of anilines is 3. The van der Waals surface area contributed by atoms with Crippen LogP contribution < -0.4 is 9.80 Å². The molecule has 168 valence electrons. The van der Waals surface area contributed by atoms with Crippen LogP contribution in [0.15, 0.2) is 121 Å². The highest BCUT2D eigenvalue weighted by Crippen LogP contribution is 2.43. The quantitative estimate of drug-likeness (QED) is 0.247. The van der Waals surface area contributed by atoms with Crippen LogP contribution in [0.2, 0.25) is 0 Å². The highest BCUT2D eigenvalue weighted by molar-refractivity contribution is 5.93. The molecule has 0 bridgehead atoms. The van der Waals surface area contributed by atoms with Gasteiger partial charge in [0.25, 0.3) is 0 Å². The van der Waals surface area contributed by atoms with Crippen molar-refractivity contribution in [3.05, 3.63) is 138 Å². The second-order valence-corrected chi connectivity index (χ2v) is 8.94. The minimum Gasteiger partial charge on any atom is -0.378 e. The number of nitrogens with zero attached hydrogens (tertiary/aromatic N) is 2. The van der Waals surface area contributed by atoms with Gasteiger partial charge in [0.2, 0.25) is 0 Å². The Morgan fingerprint density at radius 3 is 1.76 bits per heavy atom. The molecule has 0 aromatic heterocycles. The van der Waals surface area contributed by atoms with E-state index in [9.17, 15) is 0 Å². The smallest absolute Gasteiger partial charge is 0.0456 e. The number of hydrogen-bond donors (Lipinski definition) is 0. The van der Waals surface area contributed by atoms with Gasteiger partial charge in [-0.05, 0) is 57.8 Å². The zero-order chi connectivity index (χ0) is 23.5. The lowest BCUT2D eigenvalue weighted by Crippen LogP contribution is -2.15. The fourth-order valence-electron chi connectivity index (χ4n) is 4.81. The fourth-order valence-corrected chi connectivity index (χ4v) is 4.81. The van der Waals surface area contributed by atoms with Crippen molar-refractivity contribution in [1.82, 2.24) is 0 Å². The van der Waals surface area contributed by atoms with Crippen LogP contribution in [0.4, 0.5) is 17.1 Å². The van der Waals surface area contributed by atoms with Crippen molar-refractivity contribution in [1.29, 1.82) is 0 Å². The highest BCUT2D eigenvalue weighted by atomic mass is 15.1. The van der Waals surface area contributed by atoms with Gasteiger partial charge in [0.1, 0.15) is 0 Å². The summed E-state index contributed by atoms with van der Waals surface area (Å²) in [6.07, 6.45) is 0. The summed E-state index contributed by atoms with van der Waals surface area (Å²) in [5.74, 6) is 0.102. The van der Waals surface area contributed by atoms with E-state index in [1.54, 1.807) is 0 Å². The Hall–Kier alpha value is -4.04. The molecular formula is C32H30N2. The number of para-hydroxylation sites is 1. The predicted octanol–water partition coefficient (Wildman–Crippen LogP) is 7.85. The Bertz CT molecular complexity index is 1370. The summed E-state index contributed by atoms with van der Waals surface area (Å²) in [5.41, 5.74) is 7.50. The van der Waals surface area contributed by atoms with Crippen LogP contribution in [0.1, 0.15) is 22.6 Å². The molecule has 34 heavy (non-hydrogen) atoms. The van der Waals surface area contributed by atoms with Crippen molar-refractivity contribution in [2.45, 2.75) is 5.92 Å². The molecule has 5 rings (SSSR count). The van der Waals surface area contributed by atoms with Crippen molar-refractivity contribution in [3.63, 3.8) is 0 Å². The average molecular weight is 443 g/mol. The lowest BCUT2D eigenvalue weighted by Gasteiger charge is -2.29. The molecule has 2 heteroatoms. The van der Waals surface area contributed by atoms with Gasteiger partial charge in [-0.2, -0.15) is 0 Å². The lowest BCUT2D eigenvalue weighted by atomic mass is 9.81. The van der Waals surface area contributed by atoms with Gasteiger partial charge in [-0.15, -0.1) is 0 Å². The van der Waals surface area contributed by atoms with E-state index in [1.165, 1.54) is 44.5 Å². The minimum absolute atomic E-state index is 0.102. The van der Waals surface area contributed by atoms with E-state index in [0.717, 1.165) is 0 Å². The van der Waals surface area contributed by atoms with Crippen LogP contribution in [-0.2, 0) is 0 Å². The number of benzene rings is 5. The average Bonchev–Trinajstić information content (AvgIpc) is 2.90. The molecular weight excluding hydrogens is 412 g/mol. The molecule has 0 aliphatic carbocycles. The largest absolute Gasteiger partial charge is 0.378 e. The molecule has 0 heterocycles. The SMILES string of the molecule is CN(C)c1ccc(C(c2ccccc2)c2c(N(C)c3ccccc3)ccc3ccccc23)cc1. The maximum atomic E-state index is 2.31. The Labute approximate surface area is 202 Å². The highest BCUT2D eigenvalue weighted by Gasteiger charge is 2.24. The first kappa shape index (κ1) is 21.8. The monoisotopic (exact) mass is 442 g/mol. The molecule has 0 amide bonds. The van der Waals surface area contributed by atoms with Crippen LogP contribution in [0.25, 0.3) is 10.8 Å². The molecule has 0 aliphatic rings. The zero-order valence-electron chi connectivity index (χ0n) is 20.0. The Balaban J connectivity index is 1.79. The Morgan fingerprint density at radius 2 is 1.09 bits per heavy atom. The third-order valence-corrected chi connectivity index (χ3v) is 6.62. The van der Waals surface area contributed by atoms with Gasteiger partial charge in [-0.3, -0.25) is 0 Å². The van der Waals surface area contributed by atoms with E-state index in [-0.39, 0.29) is 5.92 Å². The molecule has 0 saturated heterocycles. The Kier molecular flexibility index (Phi) is 6.05. The summed E-state index contributed by atoms with van der Waals surface area (Å²) in [4.78, 5) is 4.46. The van der Waals surface area contributed by atoms with Crippen LogP contribution in [0.3, 0.4) is 0 Å². The molecule has 0 spiro atoms. The minimum atomic E-state index is 0.102. The third-order valence-electron chi connectivity index (χ3n) is 6.62. The first-order valence-electron chi connectivity index (χ1n) is 11.8. The number of hydrogen-bond acceptors (Lipinski definition) is 2. The number of fused-ring (bicyclic) bond motifs is 1. The van der Waals surface area contributed by atoms with Gasteiger partial charge in [-0.1, -0.05) is 91.0 Å². The predicted molar refractivity (Wildman–Crippen MR) is 147 cm³/mol. The maximum Gasteiger partial charge on any atom is 0.0456 e. The van der Waals surface area contributed by atoms with Crippen LogP contribution in [0, 0.1) is 0 Å². The molecule has 1 unspecified atom stereocenters. The van der Waals surface area contributed by atoms with E-state index in [0.29, 0.717) is 0 Å². The number of rotatable bonds is 6. The molecule has 5 aromatic carbocycles. The van der Waals surface area contributed by atoms with Crippen LogP contribution >= 0.6 is 0 Å². The summed E-state index contributed by atoms with van der Waals surface area (Å²) in [5, 5.41) is 2.54. The normalized spacial score (nSPS) is 11.9. The standard InChI is InChI=1S/C32H30N2/c1-33(2)27-21-18-26(19-22-27)31(25-13-6-4-7-14-25)32-29-17-11-10-12-24(29)20-23-30(32)34(3)28-15-8-5-9-16-28/h4-23,31H,1-3H3. The topological polar surface area (TPSA) is 6.48 Å². The van der Waals surface area contributed by atoms with Gasteiger partial charge in [0, 0.05) is 44.1 Å². The van der Waals surface area contributed by atoms with E-state index < -0.39 is 0 Å². The maximum absolute atomic E-state index is 2.31. The van der Waals surface area contributed by atoms with E-state index in [1.807, 2.05) is 0 Å². The van der Waals surface area contributed by atoms with Crippen LogP contribution in [-0.4, -0.2) is 21.1 Å². The summed E-state index contributed by atoms with van der Waals surface area (Å²) < 4.78 is 0. The first-order valence-corrected chi connectivity index (χ1v) is 11.8. The summed E-state index contributed by atoms with van der Waals surface area (Å²) in [7, 11) is 6.34. The summed E-state index contributed by atoms with van der Waals surface area (Å²) in [6.45, 7) is 0. The third kappa shape index (κ3) is 4.15. The molecule has 0 saturated carbocycles. The molecule has 2 nitrogen and oxygen atoms in total. The first-order chi connectivity index (χ1) is 16.6. The van der Waals surface area contributed by atoms with Gasteiger partial charge in [-0.25, -0.2) is 0 Å². The Morgan fingerprint density at radius 1 is 0.500 bits per heavy atom. The van der Waals surface area contributed by atoms with Crippen molar-refractivity contribution in [2.75, 3.05) is 30.9 Å². The molecule has 5 aromatic rings. The second kappa shape index (κ2) is 9.44. The van der Waals surface area contributed by atoms with Crippen molar-refractivity contribution in [2.24, 2.45) is 0 Å². The fraction of sp³-hybridized carbons (Fsp3) is 0.125. The molecule has 0 radical (unpaired) electrons. The van der Waals surface area contributed by atoms with E-state index in [4.69, 9.17) is 0 Å². The van der Waals surface area contributed by atoms with Crippen LogP contribution in [0.5, 0.6) is 0 Å². The zero-order valence-corrected chi connectivity index (χ0v) is 20.0. The van der Waals surface area contributed by atoms with Gasteiger partial charge in [0.05, 0.1) is 0 Å². The second-order valence-electron chi connectivity index (χ2n) is 8.94. The van der Waals surface area contributed by atoms with Crippen molar-refractivity contribution >= 4 is 27.8 Å². The van der Waals surface area contributed by atoms with Gasteiger partial charge < -0.3 is 9.80 Å². The van der Waals surface area contributed by atoms with Crippen molar-refractivity contribution in [3.8, 4) is 0 Å². The molecule has 1 atom stereocenters. The molecule has 0 N–H and O–H groups in total. The van der Waals surface area contributed by atoms with Gasteiger partial charge in [0.15, 0.2) is 0 Å². The van der Waals surface area contributed by atoms with E-state index >= 15 is 0 Å². The molecule has 0 fully saturated rings. The molecule has 0 aliphatic heterocycles. The van der Waals surface area contributed by atoms with Crippen molar-refractivity contribution < 1.29 is 0 Å². The van der Waals surface area contributed by atoms with Gasteiger partial charge >= 0.3 is 0 Å².